The third kappa shape index (κ3) is 3.65. The normalized spacial score (nSPS) is 6.60. The highest BCUT2D eigenvalue weighted by molar-refractivity contribution is 7.71. The maximum atomic E-state index is 9.19. The van der Waals surface area contributed by atoms with Crippen LogP contribution in [-0.4, -0.2) is 13.9 Å². The summed E-state index contributed by atoms with van der Waals surface area (Å²) >= 11 is 0. The van der Waals surface area contributed by atoms with Gasteiger partial charge < -0.3 is 0 Å². The number of rotatable bonds is 0. The van der Waals surface area contributed by atoms with Gasteiger partial charge in [-0.25, -0.2) is 0 Å². The number of hydrogen-bond donors (Lipinski definition) is 1. The van der Waals surface area contributed by atoms with Crippen LogP contribution in [0.1, 0.15) is 0 Å². The lowest BCUT2D eigenvalue weighted by Crippen LogP contribution is -1.87. The van der Waals surface area contributed by atoms with Crippen molar-refractivity contribution in [2.75, 3.05) is 0 Å². The first-order valence-corrected chi connectivity index (χ1v) is 2.04. The summed E-state index contributed by atoms with van der Waals surface area (Å²) in [6.45, 7) is 0. The van der Waals surface area contributed by atoms with Crippen molar-refractivity contribution in [1.29, 1.82) is 0 Å². The minimum atomic E-state index is -2.17. The fourth-order valence-corrected chi connectivity index (χ4v) is 0. The second-order valence-corrected chi connectivity index (χ2v) is 1.19. The predicted molar refractivity (Wildman–Crippen MR) is 19.2 cm³/mol. The summed E-state index contributed by atoms with van der Waals surface area (Å²) < 4.78 is 18.4. The molecule has 0 radical (unpaired) electrons. The van der Waals surface area contributed by atoms with E-state index in [2.05, 4.69) is 5.73 Å². The quantitative estimate of drug-likeness (QED) is 0.374. The lowest BCUT2D eigenvalue weighted by Gasteiger charge is -1.41. The molecule has 0 heterocycles. The van der Waals surface area contributed by atoms with Gasteiger partial charge in [0.25, 0.3) is 0 Å². The van der Waals surface area contributed by atoms with Crippen LogP contribution in [0.4, 0.5) is 0 Å². The zero-order valence-electron chi connectivity index (χ0n) is 2.38. The van der Waals surface area contributed by atoms with Crippen LogP contribution in [0.5, 0.6) is 0 Å². The van der Waals surface area contributed by atoms with Gasteiger partial charge >= 0.3 is 0 Å². The third-order valence-corrected chi connectivity index (χ3v) is 0.333. The van der Waals surface area contributed by atoms with E-state index in [9.17, 15) is 8.42 Å². The van der Waals surface area contributed by atoms with Crippen molar-refractivity contribution in [2.45, 2.75) is 0 Å². The topological polar surface area (TPSA) is 60.2 Å². The first kappa shape index (κ1) is 4.65. The summed E-state index contributed by atoms with van der Waals surface area (Å²) in [5.41, 5.74) is 5.02. The zero-order chi connectivity index (χ0) is 4.28. The van der Waals surface area contributed by atoms with Crippen LogP contribution in [0.15, 0.2) is 0 Å². The van der Waals surface area contributed by atoms with E-state index < -0.39 is 10.3 Å². The molecule has 0 aromatic rings. The molecule has 0 aliphatic heterocycles. The van der Waals surface area contributed by atoms with Crippen molar-refractivity contribution in [3.05, 3.63) is 0 Å². The van der Waals surface area contributed by atoms with Crippen LogP contribution in [0.25, 0.3) is 0 Å². The predicted octanol–water partition coefficient (Wildman–Crippen LogP) is -1.42. The average Bonchev–Trinajstić information content (AvgIpc) is 1.38. The second-order valence-electron chi connectivity index (χ2n) is 0.397. The molecule has 0 fully saturated rings. The van der Waals surface area contributed by atoms with Crippen molar-refractivity contribution >= 4 is 15.8 Å². The Balaban J connectivity index is 4.25. The van der Waals surface area contributed by atoms with Crippen molar-refractivity contribution in [3.8, 4) is 0 Å². The highest BCUT2D eigenvalue weighted by Crippen LogP contribution is 1.17. The average molecular weight is 93.1 g/mol. The Morgan fingerprint density at radius 1 is 1.60 bits per heavy atom. The lowest BCUT2D eigenvalue weighted by molar-refractivity contribution is 0.627. The summed E-state index contributed by atoms with van der Waals surface area (Å²) in [4.78, 5) is 0. The molecule has 0 amide bonds. The van der Waals surface area contributed by atoms with Crippen LogP contribution in [0.3, 0.4) is 0 Å². The van der Waals surface area contributed by atoms with Gasteiger partial charge in [0.1, 0.15) is 0 Å². The van der Waals surface area contributed by atoms with Gasteiger partial charge in [-0.3, -0.25) is 5.73 Å². The molecule has 0 aliphatic rings. The fourth-order valence-electron chi connectivity index (χ4n) is 0. The molecule has 3 nitrogen and oxygen atoms in total. The van der Waals surface area contributed by atoms with E-state index in [0.29, 0.717) is 5.49 Å². The van der Waals surface area contributed by atoms with Gasteiger partial charge in [-0.2, -0.15) is 8.42 Å². The molecule has 0 aliphatic carbocycles. The van der Waals surface area contributed by atoms with Crippen LogP contribution in [-0.2, 0) is 10.3 Å². The molecule has 0 saturated heterocycles. The van der Waals surface area contributed by atoms with Crippen molar-refractivity contribution < 1.29 is 8.42 Å². The van der Waals surface area contributed by atoms with Crippen molar-refractivity contribution in [1.82, 2.24) is 0 Å². The monoisotopic (exact) mass is 93.0 g/mol. The van der Waals surface area contributed by atoms with Gasteiger partial charge in [-0.15, -0.1) is 0 Å². The SMILES string of the molecule is NC=S(=O)=O. The first-order chi connectivity index (χ1) is 2.27. The van der Waals surface area contributed by atoms with E-state index in [1.807, 2.05) is 0 Å². The van der Waals surface area contributed by atoms with Crippen molar-refractivity contribution in [3.63, 3.8) is 0 Å². The van der Waals surface area contributed by atoms with Crippen LogP contribution < -0.4 is 5.73 Å². The molecule has 0 rings (SSSR count). The minimum absolute atomic E-state index is 0.583. The van der Waals surface area contributed by atoms with E-state index in [0.717, 1.165) is 0 Å². The smallest absolute Gasteiger partial charge is 0.224 e. The molecule has 5 heavy (non-hydrogen) atoms. The van der Waals surface area contributed by atoms with Crippen LogP contribution >= 0.6 is 0 Å². The highest BCUT2D eigenvalue weighted by atomic mass is 32.2. The van der Waals surface area contributed by atoms with Gasteiger partial charge in [0.2, 0.25) is 10.3 Å². The molecule has 0 bridgehead atoms. The maximum absolute atomic E-state index is 9.19. The summed E-state index contributed by atoms with van der Waals surface area (Å²) in [7, 11) is -2.17. The Kier molecular flexibility index (Phi) is 1.79. The molecular formula is CH3NO2S. The third-order valence-electron chi connectivity index (χ3n) is 0.111. The van der Waals surface area contributed by atoms with E-state index >= 15 is 0 Å². The molecule has 0 aromatic carbocycles. The van der Waals surface area contributed by atoms with Crippen molar-refractivity contribution in [2.24, 2.45) is 5.73 Å². The van der Waals surface area contributed by atoms with E-state index in [1.165, 1.54) is 0 Å². The number of hydrogen-bond acceptors (Lipinski definition) is 2. The molecular weight excluding hydrogens is 90.1 g/mol. The Bertz CT molecular complexity index is 113. The Morgan fingerprint density at radius 3 is 1.80 bits per heavy atom. The molecule has 0 unspecified atom stereocenters. The molecule has 0 atom stereocenters. The van der Waals surface area contributed by atoms with Crippen LogP contribution in [0.2, 0.25) is 0 Å². The van der Waals surface area contributed by atoms with Gasteiger partial charge in [0.15, 0.2) is 0 Å². The van der Waals surface area contributed by atoms with Gasteiger partial charge in [-0.05, 0) is 0 Å². The lowest BCUT2D eigenvalue weighted by atomic mass is 11.6. The maximum Gasteiger partial charge on any atom is 0.224 e. The summed E-state index contributed by atoms with van der Waals surface area (Å²) in [5, 5.41) is 0. The molecule has 30 valence electrons. The van der Waals surface area contributed by atoms with Gasteiger partial charge in [-0.1, -0.05) is 0 Å². The zero-order valence-corrected chi connectivity index (χ0v) is 3.20. The van der Waals surface area contributed by atoms with Gasteiger partial charge in [0, 0.05) is 0 Å². The summed E-state index contributed by atoms with van der Waals surface area (Å²) in [5.74, 6) is 0. The molecule has 0 spiro atoms. The Morgan fingerprint density at radius 2 is 1.80 bits per heavy atom. The van der Waals surface area contributed by atoms with Gasteiger partial charge in [0.05, 0.1) is 5.49 Å². The van der Waals surface area contributed by atoms with Crippen LogP contribution in [0, 0.1) is 0 Å². The van der Waals surface area contributed by atoms with E-state index in [-0.39, 0.29) is 0 Å². The standard InChI is InChI=1S/CH3NO2S/c2-1-5(3)4/h1H,2H2. The second kappa shape index (κ2) is 1.92. The molecule has 0 saturated carbocycles. The number of nitrogens with two attached hydrogens (primary N) is 1. The minimum Gasteiger partial charge on any atom is -0.296 e. The Hall–Kier alpha value is -0.350. The molecule has 0 aromatic heterocycles. The summed E-state index contributed by atoms with van der Waals surface area (Å²) in [6.07, 6.45) is 0. The van der Waals surface area contributed by atoms with E-state index in [4.69, 9.17) is 0 Å². The fraction of sp³-hybridized carbons (Fsp3) is 0. The molecule has 4 heteroatoms. The van der Waals surface area contributed by atoms with E-state index in [1.54, 1.807) is 0 Å². The Labute approximate surface area is 30.9 Å². The summed E-state index contributed by atoms with van der Waals surface area (Å²) in [6, 6.07) is 0. The first-order valence-electron chi connectivity index (χ1n) is 0.902. The largest absolute Gasteiger partial charge is 0.296 e. The highest BCUT2D eigenvalue weighted by Gasteiger charge is 1.46. The molecule has 2 N–H and O–H groups in total.